The van der Waals surface area contributed by atoms with Gasteiger partial charge in [0.05, 0.1) is 6.20 Å². The second kappa shape index (κ2) is 4.46. The molecule has 0 fully saturated rings. The van der Waals surface area contributed by atoms with Crippen LogP contribution in [0.2, 0.25) is 0 Å². The Kier molecular flexibility index (Phi) is 5.20. The van der Waals surface area contributed by atoms with Gasteiger partial charge in [0, 0.05) is 12.3 Å². The van der Waals surface area contributed by atoms with Crippen LogP contribution < -0.4 is 5.32 Å². The fourth-order valence-electron chi connectivity index (χ4n) is 1.20. The lowest BCUT2D eigenvalue weighted by atomic mass is 9.83. The van der Waals surface area contributed by atoms with Crippen LogP contribution in [-0.2, 0) is 0 Å². The monoisotopic (exact) mass is 170 g/mol. The fourth-order valence-corrected chi connectivity index (χ4v) is 1.20. The Labute approximate surface area is 77.6 Å². The van der Waals surface area contributed by atoms with E-state index in [0.717, 1.165) is 0 Å². The zero-order chi connectivity index (χ0) is 7.78. The molecule has 0 atom stereocenters. The maximum absolute atomic E-state index is 2.31. The van der Waals surface area contributed by atoms with Crippen molar-refractivity contribution in [1.82, 2.24) is 0 Å². The van der Waals surface area contributed by atoms with Gasteiger partial charge in [-0.05, 0) is 18.6 Å². The summed E-state index contributed by atoms with van der Waals surface area (Å²) < 4.78 is 0. The quantitative estimate of drug-likeness (QED) is 0.575. The van der Waals surface area contributed by atoms with Gasteiger partial charge in [0.25, 0.3) is 0 Å². The van der Waals surface area contributed by atoms with E-state index in [0.29, 0.717) is 0 Å². The Morgan fingerprint density at radius 2 is 1.67 bits per heavy atom. The highest BCUT2D eigenvalue weighted by atomic mass is 14.9. The van der Waals surface area contributed by atoms with Gasteiger partial charge in [0.2, 0.25) is 0 Å². The Hall–Kier alpha value is -0.560. The van der Waals surface area contributed by atoms with Crippen molar-refractivity contribution >= 4 is 0 Å². The first-order valence-electron chi connectivity index (χ1n) is 3.74. The van der Waals surface area contributed by atoms with Crippen LogP contribution in [0.4, 0.5) is 0 Å². The molecule has 1 rings (SSSR count). The van der Waals surface area contributed by atoms with E-state index in [-0.39, 0.29) is 20.3 Å². The average molecular weight is 170 g/mol. The number of rotatable bonds is 0. The lowest BCUT2D eigenvalue weighted by molar-refractivity contribution is -0.538. The van der Waals surface area contributed by atoms with E-state index < -0.39 is 0 Å². The molecular weight excluding hydrogens is 146 g/mol. The van der Waals surface area contributed by atoms with Gasteiger partial charge >= 0.3 is 0 Å². The van der Waals surface area contributed by atoms with Crippen LogP contribution >= 0.6 is 0 Å². The first-order chi connectivity index (χ1) is 4.52. The van der Waals surface area contributed by atoms with E-state index in [2.05, 4.69) is 45.3 Å². The summed E-state index contributed by atoms with van der Waals surface area (Å²) in [6.07, 6.45) is 4.51. The lowest BCUT2D eigenvalue weighted by Gasteiger charge is -2.23. The largest absolute Gasteiger partial charge is 0.292 e. The van der Waals surface area contributed by atoms with E-state index in [1.54, 1.807) is 0 Å². The van der Waals surface area contributed by atoms with E-state index in [4.69, 9.17) is 0 Å². The molecule has 0 amide bonds. The highest BCUT2D eigenvalue weighted by Gasteiger charge is 2.22. The summed E-state index contributed by atoms with van der Waals surface area (Å²) in [4.78, 5) is 0. The van der Waals surface area contributed by atoms with Crippen LogP contribution in [0, 0.1) is 5.41 Å². The van der Waals surface area contributed by atoms with Crippen molar-refractivity contribution in [2.75, 3.05) is 0 Å². The van der Waals surface area contributed by atoms with Gasteiger partial charge in [-0.1, -0.05) is 28.7 Å². The minimum Gasteiger partial charge on any atom is -0.292 e. The summed E-state index contributed by atoms with van der Waals surface area (Å²) in [5.41, 5.74) is 3.09. The summed E-state index contributed by atoms with van der Waals surface area (Å²) >= 11 is 0. The molecule has 1 aliphatic heterocycles. The standard InChI is InChI=1S/C9H15N.2CH4/c1-7-6-10-8(2)5-9(7,3)4;;/h5-6,10H,1-4H3;2*1H4/p+1. The van der Waals surface area contributed by atoms with Crippen molar-refractivity contribution in [3.8, 4) is 0 Å². The van der Waals surface area contributed by atoms with Crippen molar-refractivity contribution in [2.45, 2.75) is 42.5 Å². The molecule has 2 N–H and O–H groups in total. The zero-order valence-corrected chi connectivity index (χ0v) is 7.23. The van der Waals surface area contributed by atoms with Crippen molar-refractivity contribution in [3.05, 3.63) is 23.5 Å². The lowest BCUT2D eigenvalue weighted by Crippen LogP contribution is -2.76. The minimum absolute atomic E-state index is 0. The molecule has 1 heteroatoms. The van der Waals surface area contributed by atoms with Gasteiger partial charge in [-0.3, -0.25) is 5.32 Å². The molecule has 0 aromatic rings. The molecule has 0 aromatic carbocycles. The predicted molar refractivity (Wildman–Crippen MR) is 56.7 cm³/mol. The maximum atomic E-state index is 2.31. The Balaban J connectivity index is 0. The Morgan fingerprint density at radius 3 is 2.00 bits per heavy atom. The van der Waals surface area contributed by atoms with Crippen LogP contribution in [-0.4, -0.2) is 0 Å². The SMILES string of the molecule is C.C.CC1=CC(C)(C)C(C)=C[NH2+]1. The van der Waals surface area contributed by atoms with Crippen LogP contribution in [0.15, 0.2) is 23.5 Å². The van der Waals surface area contributed by atoms with Crippen LogP contribution in [0.25, 0.3) is 0 Å². The van der Waals surface area contributed by atoms with Gasteiger partial charge in [-0.25, -0.2) is 0 Å². The summed E-state index contributed by atoms with van der Waals surface area (Å²) in [7, 11) is 0. The first kappa shape index (κ1) is 14.0. The topological polar surface area (TPSA) is 16.6 Å². The minimum atomic E-state index is 0. The van der Waals surface area contributed by atoms with E-state index in [1.807, 2.05) is 0 Å². The Bertz CT molecular complexity index is 197. The van der Waals surface area contributed by atoms with Gasteiger partial charge < -0.3 is 0 Å². The van der Waals surface area contributed by atoms with Crippen LogP contribution in [0.5, 0.6) is 0 Å². The van der Waals surface area contributed by atoms with Crippen LogP contribution in [0.1, 0.15) is 42.5 Å². The second-order valence-corrected chi connectivity index (χ2v) is 3.63. The summed E-state index contributed by atoms with van der Waals surface area (Å²) in [6.45, 7) is 8.81. The number of allylic oxidation sites excluding steroid dienone is 3. The molecule has 0 radical (unpaired) electrons. The van der Waals surface area contributed by atoms with Crippen molar-refractivity contribution < 1.29 is 5.32 Å². The fraction of sp³-hybridized carbons (Fsp3) is 0.636. The third kappa shape index (κ3) is 2.82. The molecule has 72 valence electrons. The van der Waals surface area contributed by atoms with Gasteiger partial charge in [0.15, 0.2) is 0 Å². The Morgan fingerprint density at radius 1 is 1.17 bits per heavy atom. The van der Waals surface area contributed by atoms with E-state index >= 15 is 0 Å². The zero-order valence-electron chi connectivity index (χ0n) is 7.23. The first-order valence-corrected chi connectivity index (χ1v) is 3.74. The number of hydrogen-bond donors (Lipinski definition) is 1. The highest BCUT2D eigenvalue weighted by molar-refractivity contribution is 5.19. The smallest absolute Gasteiger partial charge is 0.104 e. The van der Waals surface area contributed by atoms with Crippen molar-refractivity contribution in [3.63, 3.8) is 0 Å². The third-order valence-corrected chi connectivity index (χ3v) is 2.20. The van der Waals surface area contributed by atoms with Crippen molar-refractivity contribution in [2.24, 2.45) is 5.41 Å². The molecule has 0 aromatic heterocycles. The van der Waals surface area contributed by atoms with E-state index in [1.165, 1.54) is 11.3 Å². The maximum Gasteiger partial charge on any atom is 0.104 e. The summed E-state index contributed by atoms with van der Waals surface area (Å²) in [5, 5.41) is 2.17. The normalized spacial score (nSPS) is 19.7. The molecule has 1 aliphatic rings. The molecule has 0 spiro atoms. The van der Waals surface area contributed by atoms with Crippen LogP contribution in [0.3, 0.4) is 0 Å². The molecule has 0 saturated carbocycles. The molecule has 0 aliphatic carbocycles. The number of nitrogens with two attached hydrogens (primary N) is 1. The molecule has 1 nitrogen and oxygen atoms in total. The number of hydrogen-bond acceptors (Lipinski definition) is 0. The van der Waals surface area contributed by atoms with E-state index in [9.17, 15) is 0 Å². The molecule has 1 heterocycles. The molecule has 0 bridgehead atoms. The highest BCUT2D eigenvalue weighted by Crippen LogP contribution is 2.28. The molecule has 12 heavy (non-hydrogen) atoms. The summed E-state index contributed by atoms with van der Waals surface area (Å²) in [5.74, 6) is 0. The molecule has 0 saturated heterocycles. The number of quaternary nitrogens is 1. The second-order valence-electron chi connectivity index (χ2n) is 3.63. The molecular formula is C11H24N+. The van der Waals surface area contributed by atoms with Gasteiger partial charge in [-0.2, -0.15) is 0 Å². The van der Waals surface area contributed by atoms with Gasteiger partial charge in [-0.15, -0.1) is 0 Å². The predicted octanol–water partition coefficient (Wildman–Crippen LogP) is 2.67. The van der Waals surface area contributed by atoms with Crippen molar-refractivity contribution in [1.29, 1.82) is 0 Å². The summed E-state index contributed by atoms with van der Waals surface area (Å²) in [6, 6.07) is 0. The third-order valence-electron chi connectivity index (χ3n) is 2.20. The van der Waals surface area contributed by atoms with Gasteiger partial charge in [0.1, 0.15) is 5.70 Å². The average Bonchev–Trinajstić information content (AvgIpc) is 1.78. The molecule has 0 unspecified atom stereocenters.